The summed E-state index contributed by atoms with van der Waals surface area (Å²) in [5.41, 5.74) is 1.30. The first kappa shape index (κ1) is 13.2. The second kappa shape index (κ2) is 6.07. The summed E-state index contributed by atoms with van der Waals surface area (Å²) in [7, 11) is 1.72. The molecule has 1 heterocycles. The van der Waals surface area contributed by atoms with E-state index in [4.69, 9.17) is 4.74 Å². The van der Waals surface area contributed by atoms with Gasteiger partial charge in [-0.15, -0.1) is 11.3 Å². The van der Waals surface area contributed by atoms with Crippen molar-refractivity contribution in [1.29, 1.82) is 0 Å². The summed E-state index contributed by atoms with van der Waals surface area (Å²) in [6.45, 7) is 1.78. The zero-order valence-electron chi connectivity index (χ0n) is 11.4. The summed E-state index contributed by atoms with van der Waals surface area (Å²) in [5.74, 6) is 0.933. The molecule has 2 aromatic carbocycles. The van der Waals surface area contributed by atoms with Crippen LogP contribution in [0.5, 0.6) is 5.75 Å². The average molecular weight is 283 g/mol. The number of benzene rings is 2. The zero-order chi connectivity index (χ0) is 13.8. The van der Waals surface area contributed by atoms with Gasteiger partial charge in [0.25, 0.3) is 0 Å². The molecule has 0 bridgehead atoms. The maximum absolute atomic E-state index is 5.43. The van der Waals surface area contributed by atoms with Crippen LogP contribution in [0, 0.1) is 0 Å². The molecule has 0 aliphatic heterocycles. The van der Waals surface area contributed by atoms with Gasteiger partial charge >= 0.3 is 0 Å². The predicted octanol–water partition coefficient (Wildman–Crippen LogP) is 4.20. The molecule has 102 valence electrons. The number of nitrogens with one attached hydrogen (secondary N) is 1. The molecule has 2 nitrogen and oxygen atoms in total. The second-order valence-corrected chi connectivity index (χ2v) is 5.69. The molecule has 3 heteroatoms. The zero-order valence-corrected chi connectivity index (χ0v) is 12.2. The average Bonchev–Trinajstić information content (AvgIpc) is 3.01. The van der Waals surface area contributed by atoms with Crippen molar-refractivity contribution in [2.45, 2.75) is 13.1 Å². The number of rotatable bonds is 5. The maximum Gasteiger partial charge on any atom is 0.126 e. The van der Waals surface area contributed by atoms with Crippen molar-refractivity contribution in [3.8, 4) is 5.75 Å². The lowest BCUT2D eigenvalue weighted by molar-refractivity contribution is 0.419. The number of hydrogen-bond acceptors (Lipinski definition) is 3. The summed E-state index contributed by atoms with van der Waals surface area (Å²) in [6.07, 6.45) is 0. The van der Waals surface area contributed by atoms with Crippen LogP contribution in [-0.4, -0.2) is 7.11 Å². The van der Waals surface area contributed by atoms with E-state index in [-0.39, 0.29) is 0 Å². The lowest BCUT2D eigenvalue weighted by Crippen LogP contribution is -2.12. The predicted molar refractivity (Wildman–Crippen MR) is 85.4 cm³/mol. The number of hydrogen-bond donors (Lipinski definition) is 1. The quantitative estimate of drug-likeness (QED) is 0.757. The Bertz CT molecular complexity index is 691. The minimum Gasteiger partial charge on any atom is -0.496 e. The molecule has 0 aliphatic rings. The van der Waals surface area contributed by atoms with Gasteiger partial charge in [0.2, 0.25) is 0 Å². The van der Waals surface area contributed by atoms with Crippen LogP contribution in [0.4, 0.5) is 0 Å². The van der Waals surface area contributed by atoms with Gasteiger partial charge in [-0.3, -0.25) is 0 Å². The summed E-state index contributed by atoms with van der Waals surface area (Å²) in [4.78, 5) is 1.36. The van der Waals surface area contributed by atoms with Crippen molar-refractivity contribution < 1.29 is 4.74 Å². The van der Waals surface area contributed by atoms with Gasteiger partial charge in [-0.1, -0.05) is 36.4 Å². The molecule has 1 N–H and O–H groups in total. The number of fused-ring (bicyclic) bond motifs is 1. The van der Waals surface area contributed by atoms with Crippen molar-refractivity contribution in [2.24, 2.45) is 0 Å². The lowest BCUT2D eigenvalue weighted by Gasteiger charge is -2.11. The molecule has 3 aromatic rings. The standard InChI is InChI=1S/C17H17NOS/c1-19-17-9-8-13(15-6-2-3-7-16(15)17)11-18-12-14-5-4-10-20-14/h2-10,18H,11-12H2,1H3. The SMILES string of the molecule is COc1ccc(CNCc2cccs2)c2ccccc12. The highest BCUT2D eigenvalue weighted by Crippen LogP contribution is 2.28. The van der Waals surface area contributed by atoms with Gasteiger partial charge in [0.15, 0.2) is 0 Å². The van der Waals surface area contributed by atoms with Crippen molar-refractivity contribution in [2.75, 3.05) is 7.11 Å². The van der Waals surface area contributed by atoms with Gasteiger partial charge in [-0.25, -0.2) is 0 Å². The highest BCUT2D eigenvalue weighted by molar-refractivity contribution is 7.09. The third kappa shape index (κ3) is 2.69. The molecule has 1 aromatic heterocycles. The summed E-state index contributed by atoms with van der Waals surface area (Å²) in [5, 5.41) is 8.04. The maximum atomic E-state index is 5.43. The normalized spacial score (nSPS) is 10.8. The minimum atomic E-state index is 0.863. The first-order valence-electron chi connectivity index (χ1n) is 6.66. The lowest BCUT2D eigenvalue weighted by atomic mass is 10.0. The number of ether oxygens (including phenoxy) is 1. The Morgan fingerprint density at radius 3 is 2.55 bits per heavy atom. The van der Waals surface area contributed by atoms with Gasteiger partial charge in [-0.05, 0) is 28.5 Å². The van der Waals surface area contributed by atoms with Crippen LogP contribution in [-0.2, 0) is 13.1 Å². The molecule has 0 saturated carbocycles. The van der Waals surface area contributed by atoms with Gasteiger partial charge in [0.1, 0.15) is 5.75 Å². The van der Waals surface area contributed by atoms with Gasteiger partial charge in [0.05, 0.1) is 7.11 Å². The van der Waals surface area contributed by atoms with Crippen molar-refractivity contribution >= 4 is 22.1 Å². The number of methoxy groups -OCH3 is 1. The van der Waals surface area contributed by atoms with E-state index in [9.17, 15) is 0 Å². The highest BCUT2D eigenvalue weighted by atomic mass is 32.1. The van der Waals surface area contributed by atoms with Crippen LogP contribution >= 0.6 is 11.3 Å². The Morgan fingerprint density at radius 2 is 1.80 bits per heavy atom. The smallest absolute Gasteiger partial charge is 0.126 e. The Hall–Kier alpha value is -1.84. The van der Waals surface area contributed by atoms with Crippen LogP contribution in [0.25, 0.3) is 10.8 Å². The van der Waals surface area contributed by atoms with Crippen LogP contribution in [0.15, 0.2) is 53.9 Å². The van der Waals surface area contributed by atoms with Crippen molar-refractivity contribution in [1.82, 2.24) is 5.32 Å². The van der Waals surface area contributed by atoms with E-state index in [1.54, 1.807) is 18.4 Å². The minimum absolute atomic E-state index is 0.863. The Balaban J connectivity index is 1.81. The topological polar surface area (TPSA) is 21.3 Å². The third-order valence-corrected chi connectivity index (χ3v) is 4.27. The molecule has 0 amide bonds. The number of thiophene rings is 1. The summed E-state index contributed by atoms with van der Waals surface area (Å²) < 4.78 is 5.43. The summed E-state index contributed by atoms with van der Waals surface area (Å²) in [6, 6.07) is 16.8. The van der Waals surface area contributed by atoms with E-state index in [1.807, 2.05) is 12.1 Å². The fraction of sp³-hybridized carbons (Fsp3) is 0.176. The van der Waals surface area contributed by atoms with Gasteiger partial charge in [-0.2, -0.15) is 0 Å². The third-order valence-electron chi connectivity index (χ3n) is 3.39. The Kier molecular flexibility index (Phi) is 4.00. The largest absolute Gasteiger partial charge is 0.496 e. The molecule has 0 unspecified atom stereocenters. The molecule has 0 spiro atoms. The Morgan fingerprint density at radius 1 is 0.950 bits per heavy atom. The first-order valence-corrected chi connectivity index (χ1v) is 7.54. The molecule has 0 atom stereocenters. The van der Waals surface area contributed by atoms with Crippen LogP contribution in [0.2, 0.25) is 0 Å². The fourth-order valence-electron chi connectivity index (χ4n) is 2.40. The molecule has 0 aliphatic carbocycles. The van der Waals surface area contributed by atoms with E-state index >= 15 is 0 Å². The van der Waals surface area contributed by atoms with Crippen LogP contribution in [0.3, 0.4) is 0 Å². The van der Waals surface area contributed by atoms with Gasteiger partial charge in [0, 0.05) is 23.4 Å². The van der Waals surface area contributed by atoms with E-state index in [1.165, 1.54) is 21.2 Å². The Labute approximate surface area is 123 Å². The molecular formula is C17H17NOS. The first-order chi connectivity index (χ1) is 9.88. The van der Waals surface area contributed by atoms with Crippen molar-refractivity contribution in [3.63, 3.8) is 0 Å². The highest BCUT2D eigenvalue weighted by Gasteiger charge is 2.05. The van der Waals surface area contributed by atoms with E-state index in [2.05, 4.69) is 47.1 Å². The monoisotopic (exact) mass is 283 g/mol. The molecular weight excluding hydrogens is 266 g/mol. The fourth-order valence-corrected chi connectivity index (χ4v) is 3.07. The van der Waals surface area contributed by atoms with E-state index in [0.29, 0.717) is 0 Å². The van der Waals surface area contributed by atoms with Gasteiger partial charge < -0.3 is 10.1 Å². The molecule has 0 fully saturated rings. The second-order valence-electron chi connectivity index (χ2n) is 4.66. The van der Waals surface area contributed by atoms with Crippen molar-refractivity contribution in [3.05, 3.63) is 64.4 Å². The summed E-state index contributed by atoms with van der Waals surface area (Å²) >= 11 is 1.79. The molecule has 20 heavy (non-hydrogen) atoms. The van der Waals surface area contributed by atoms with E-state index < -0.39 is 0 Å². The van der Waals surface area contributed by atoms with E-state index in [0.717, 1.165) is 18.8 Å². The molecule has 0 saturated heterocycles. The van der Waals surface area contributed by atoms with Crippen LogP contribution < -0.4 is 10.1 Å². The molecule has 0 radical (unpaired) electrons. The molecule has 3 rings (SSSR count). The van der Waals surface area contributed by atoms with Crippen LogP contribution in [0.1, 0.15) is 10.4 Å².